The van der Waals surface area contributed by atoms with Gasteiger partial charge in [-0.2, -0.15) is 0 Å². The van der Waals surface area contributed by atoms with Crippen LogP contribution in [0.4, 0.5) is 0 Å². The standard InChI is InChI=1S/C13H20N2O2/c1-9(10(2)15-11(3)16)8-12(14-5)17-13(4)6-7-13/h8H,5-7H2,1-4H3,(H,15,16)/b10-9+,12-8+. The van der Waals surface area contributed by atoms with Gasteiger partial charge in [-0.3, -0.25) is 4.79 Å². The Morgan fingerprint density at radius 2 is 2.00 bits per heavy atom. The van der Waals surface area contributed by atoms with Crippen LogP contribution in [-0.4, -0.2) is 18.2 Å². The molecule has 1 rings (SSSR count). The third-order valence-electron chi connectivity index (χ3n) is 2.76. The van der Waals surface area contributed by atoms with Crippen LogP contribution < -0.4 is 5.32 Å². The Labute approximate surface area is 102 Å². The van der Waals surface area contributed by atoms with E-state index in [4.69, 9.17) is 4.74 Å². The first kappa shape index (κ1) is 13.5. The average molecular weight is 236 g/mol. The molecule has 0 atom stereocenters. The van der Waals surface area contributed by atoms with Crippen LogP contribution in [0.2, 0.25) is 0 Å². The molecule has 0 aromatic heterocycles. The smallest absolute Gasteiger partial charge is 0.220 e. The van der Waals surface area contributed by atoms with Crippen LogP contribution in [0.25, 0.3) is 0 Å². The highest BCUT2D eigenvalue weighted by Gasteiger charge is 2.40. The van der Waals surface area contributed by atoms with Crippen molar-refractivity contribution in [1.82, 2.24) is 5.32 Å². The minimum Gasteiger partial charge on any atom is -0.471 e. The second kappa shape index (κ2) is 5.17. The Morgan fingerprint density at radius 3 is 2.41 bits per heavy atom. The fourth-order valence-electron chi connectivity index (χ4n) is 1.29. The fourth-order valence-corrected chi connectivity index (χ4v) is 1.29. The van der Waals surface area contributed by atoms with Crippen molar-refractivity contribution in [3.8, 4) is 0 Å². The van der Waals surface area contributed by atoms with E-state index in [1.54, 1.807) is 6.08 Å². The van der Waals surface area contributed by atoms with Crippen molar-refractivity contribution in [2.24, 2.45) is 4.99 Å². The molecule has 0 unspecified atom stereocenters. The molecule has 0 aromatic carbocycles. The second-order valence-electron chi connectivity index (χ2n) is 4.68. The van der Waals surface area contributed by atoms with E-state index in [-0.39, 0.29) is 11.5 Å². The van der Waals surface area contributed by atoms with Crippen LogP contribution in [0.5, 0.6) is 0 Å². The Balaban J connectivity index is 2.75. The molecule has 0 aromatic rings. The largest absolute Gasteiger partial charge is 0.471 e. The molecule has 1 amide bonds. The van der Waals surface area contributed by atoms with Crippen molar-refractivity contribution in [2.45, 2.75) is 46.1 Å². The number of rotatable bonds is 5. The molecule has 1 aliphatic carbocycles. The summed E-state index contributed by atoms with van der Waals surface area (Å²) in [6.07, 6.45) is 3.89. The van der Waals surface area contributed by atoms with E-state index < -0.39 is 0 Å². The Kier molecular flexibility index (Phi) is 4.10. The quantitative estimate of drug-likeness (QED) is 0.453. The molecule has 0 bridgehead atoms. The summed E-state index contributed by atoms with van der Waals surface area (Å²) < 4.78 is 5.71. The maximum absolute atomic E-state index is 10.9. The monoisotopic (exact) mass is 236 g/mol. The molecule has 0 radical (unpaired) electrons. The van der Waals surface area contributed by atoms with Gasteiger partial charge in [-0.15, -0.1) is 0 Å². The summed E-state index contributed by atoms with van der Waals surface area (Å²) in [7, 11) is 0. The van der Waals surface area contributed by atoms with Crippen LogP contribution in [0.1, 0.15) is 40.5 Å². The minimum atomic E-state index is -0.0848. The number of hydrogen-bond donors (Lipinski definition) is 1. The number of hydrogen-bond acceptors (Lipinski definition) is 3. The molecule has 1 aliphatic rings. The van der Waals surface area contributed by atoms with Gasteiger partial charge in [-0.05, 0) is 45.9 Å². The molecule has 94 valence electrons. The fraction of sp³-hybridized carbons (Fsp3) is 0.538. The Morgan fingerprint density at radius 1 is 1.41 bits per heavy atom. The number of carbonyl (C=O) groups excluding carboxylic acids is 1. The number of carbonyl (C=O) groups is 1. The lowest BCUT2D eigenvalue weighted by molar-refractivity contribution is -0.118. The molecule has 4 heteroatoms. The van der Waals surface area contributed by atoms with E-state index in [1.165, 1.54) is 6.92 Å². The molecule has 1 fully saturated rings. The molecule has 1 N–H and O–H groups in total. The molecule has 0 spiro atoms. The minimum absolute atomic E-state index is 0.0742. The van der Waals surface area contributed by atoms with E-state index in [2.05, 4.69) is 17.0 Å². The highest BCUT2D eigenvalue weighted by Crippen LogP contribution is 2.40. The number of nitrogens with one attached hydrogen (secondary N) is 1. The van der Waals surface area contributed by atoms with Gasteiger partial charge in [0.15, 0.2) is 0 Å². The topological polar surface area (TPSA) is 50.7 Å². The summed E-state index contributed by atoms with van der Waals surface area (Å²) >= 11 is 0. The summed E-state index contributed by atoms with van der Waals surface area (Å²) in [5.41, 5.74) is 1.63. The van der Waals surface area contributed by atoms with Crippen molar-refractivity contribution >= 4 is 12.6 Å². The first-order chi connectivity index (χ1) is 7.86. The van der Waals surface area contributed by atoms with Gasteiger partial charge in [0.2, 0.25) is 11.8 Å². The normalized spacial score (nSPS) is 19.2. The Hall–Kier alpha value is -1.58. The number of aliphatic imine (C=N–C) groups is 1. The lowest BCUT2D eigenvalue weighted by atomic mass is 10.2. The first-order valence-electron chi connectivity index (χ1n) is 5.69. The second-order valence-corrected chi connectivity index (χ2v) is 4.68. The van der Waals surface area contributed by atoms with Gasteiger partial charge in [0, 0.05) is 18.7 Å². The SMILES string of the molecule is C=N/C(=C\C(C)=C(/C)NC(C)=O)OC1(C)CC1. The van der Waals surface area contributed by atoms with E-state index in [0.717, 1.165) is 24.1 Å². The van der Waals surface area contributed by atoms with Crippen LogP contribution in [0.15, 0.2) is 28.2 Å². The summed E-state index contributed by atoms with van der Waals surface area (Å²) in [5, 5.41) is 2.73. The Bertz CT molecular complexity index is 390. The molecule has 1 saturated carbocycles. The average Bonchev–Trinajstić information content (AvgIpc) is 2.94. The lowest BCUT2D eigenvalue weighted by Gasteiger charge is -2.13. The van der Waals surface area contributed by atoms with Crippen LogP contribution >= 0.6 is 0 Å². The molecule has 0 heterocycles. The van der Waals surface area contributed by atoms with Crippen molar-refractivity contribution < 1.29 is 9.53 Å². The van der Waals surface area contributed by atoms with Gasteiger partial charge in [-0.25, -0.2) is 4.99 Å². The number of ether oxygens (including phenoxy) is 1. The highest BCUT2D eigenvalue weighted by atomic mass is 16.5. The van der Waals surface area contributed by atoms with Gasteiger partial charge in [0.1, 0.15) is 5.60 Å². The number of amides is 1. The summed E-state index contributed by atoms with van der Waals surface area (Å²) in [5.74, 6) is 0.422. The molecular weight excluding hydrogens is 216 g/mol. The molecule has 4 nitrogen and oxygen atoms in total. The van der Waals surface area contributed by atoms with Crippen molar-refractivity contribution in [3.05, 3.63) is 23.2 Å². The van der Waals surface area contributed by atoms with E-state index in [9.17, 15) is 4.79 Å². The zero-order valence-corrected chi connectivity index (χ0v) is 11.0. The summed E-state index contributed by atoms with van der Waals surface area (Å²) in [4.78, 5) is 14.8. The number of nitrogens with zero attached hydrogens (tertiary/aromatic N) is 1. The predicted octanol–water partition coefficient (Wildman–Crippen LogP) is 2.53. The maximum Gasteiger partial charge on any atom is 0.220 e. The van der Waals surface area contributed by atoms with E-state index >= 15 is 0 Å². The lowest BCUT2D eigenvalue weighted by Crippen LogP contribution is -2.18. The third-order valence-corrected chi connectivity index (χ3v) is 2.76. The van der Waals surface area contributed by atoms with Gasteiger partial charge in [-0.1, -0.05) is 0 Å². The third kappa shape index (κ3) is 4.43. The zero-order valence-electron chi connectivity index (χ0n) is 11.0. The van der Waals surface area contributed by atoms with Crippen LogP contribution in [0, 0.1) is 0 Å². The van der Waals surface area contributed by atoms with Crippen molar-refractivity contribution in [3.63, 3.8) is 0 Å². The van der Waals surface area contributed by atoms with E-state index in [1.807, 2.05) is 20.8 Å². The van der Waals surface area contributed by atoms with Crippen molar-refractivity contribution in [2.75, 3.05) is 0 Å². The molecular formula is C13H20N2O2. The van der Waals surface area contributed by atoms with Crippen LogP contribution in [-0.2, 0) is 9.53 Å². The summed E-state index contributed by atoms with van der Waals surface area (Å²) in [6.45, 7) is 10.8. The maximum atomic E-state index is 10.9. The van der Waals surface area contributed by atoms with Gasteiger partial charge in [0.25, 0.3) is 0 Å². The predicted molar refractivity (Wildman–Crippen MR) is 68.5 cm³/mol. The molecule has 17 heavy (non-hydrogen) atoms. The van der Waals surface area contributed by atoms with Crippen molar-refractivity contribution in [1.29, 1.82) is 0 Å². The summed E-state index contributed by atoms with van der Waals surface area (Å²) in [6, 6.07) is 0. The van der Waals surface area contributed by atoms with E-state index in [0.29, 0.717) is 5.88 Å². The molecule has 0 aliphatic heterocycles. The number of allylic oxidation sites excluding steroid dienone is 3. The van der Waals surface area contributed by atoms with Gasteiger partial charge in [0.05, 0.1) is 0 Å². The van der Waals surface area contributed by atoms with Gasteiger partial charge < -0.3 is 10.1 Å². The molecule has 0 saturated heterocycles. The van der Waals surface area contributed by atoms with Gasteiger partial charge >= 0.3 is 0 Å². The first-order valence-corrected chi connectivity index (χ1v) is 5.69. The zero-order chi connectivity index (χ0) is 13.1. The highest BCUT2D eigenvalue weighted by molar-refractivity contribution is 5.75. The van der Waals surface area contributed by atoms with Crippen LogP contribution in [0.3, 0.4) is 0 Å².